The van der Waals surface area contributed by atoms with Gasteiger partial charge in [0.2, 0.25) is 0 Å². The molecule has 0 radical (unpaired) electrons. The van der Waals surface area contributed by atoms with Gasteiger partial charge in [-0.2, -0.15) is 4.39 Å². The van der Waals surface area contributed by atoms with Gasteiger partial charge in [-0.25, -0.2) is 13.2 Å². The van der Waals surface area contributed by atoms with Crippen molar-refractivity contribution in [3.05, 3.63) is 0 Å². The molecule has 0 aromatic carbocycles. The summed E-state index contributed by atoms with van der Waals surface area (Å²) in [6.07, 6.45) is 0. The summed E-state index contributed by atoms with van der Waals surface area (Å²) in [5, 5.41) is 0. The van der Waals surface area contributed by atoms with Gasteiger partial charge >= 0.3 is 12.4 Å². The second-order valence-corrected chi connectivity index (χ2v) is 2.29. The minimum atomic E-state index is -3.33. The average Bonchev–Trinajstić information content (AvgIpc) is 2.03. The van der Waals surface area contributed by atoms with Crippen LogP contribution in [0.15, 0.2) is 0 Å². The van der Waals surface area contributed by atoms with E-state index >= 15 is 0 Å². The molecule has 3 atom stereocenters. The van der Waals surface area contributed by atoms with Gasteiger partial charge in [-0.15, -0.1) is 0 Å². The van der Waals surface area contributed by atoms with Crippen LogP contribution in [-0.2, 0) is 9.47 Å². The lowest BCUT2D eigenvalue weighted by Gasteiger charge is -2.22. The van der Waals surface area contributed by atoms with E-state index in [0.29, 0.717) is 6.92 Å². The summed E-state index contributed by atoms with van der Waals surface area (Å²) in [6, 6.07) is 0. The van der Waals surface area contributed by atoms with E-state index in [1.807, 2.05) is 0 Å². The maximum absolute atomic E-state index is 12.7. The Labute approximate surface area is 60.1 Å². The topological polar surface area (TPSA) is 18.5 Å². The SMILES string of the molecule is CC1(F)OC(F)OC1(F)CF. The standard InChI is InChI=1S/C5H6F4O2/c1-4(8)5(9,2-6)11-3(7)10-4/h3H,2H2,1H3. The number of hydrogen-bond acceptors (Lipinski definition) is 2. The Kier molecular flexibility index (Phi) is 1.84. The average molecular weight is 174 g/mol. The molecule has 1 heterocycles. The van der Waals surface area contributed by atoms with Crippen LogP contribution in [0, 0.1) is 0 Å². The molecule has 0 amide bonds. The smallest absolute Gasteiger partial charge is 0.283 e. The maximum Gasteiger partial charge on any atom is 0.315 e. The molecule has 66 valence electrons. The van der Waals surface area contributed by atoms with E-state index in [-0.39, 0.29) is 0 Å². The van der Waals surface area contributed by atoms with Gasteiger partial charge in [0, 0.05) is 6.92 Å². The molecule has 0 saturated carbocycles. The lowest BCUT2D eigenvalue weighted by molar-refractivity contribution is -0.213. The number of rotatable bonds is 1. The molecule has 1 fully saturated rings. The first-order chi connectivity index (χ1) is 4.91. The highest BCUT2D eigenvalue weighted by atomic mass is 19.2. The quantitative estimate of drug-likeness (QED) is 0.562. The highest BCUT2D eigenvalue weighted by Crippen LogP contribution is 2.42. The molecule has 2 nitrogen and oxygen atoms in total. The van der Waals surface area contributed by atoms with Crippen LogP contribution in [-0.4, -0.2) is 24.9 Å². The van der Waals surface area contributed by atoms with Crippen molar-refractivity contribution >= 4 is 0 Å². The van der Waals surface area contributed by atoms with Crippen molar-refractivity contribution < 1.29 is 27.0 Å². The molecule has 0 spiro atoms. The molecule has 0 aliphatic carbocycles. The fourth-order valence-corrected chi connectivity index (χ4v) is 0.689. The van der Waals surface area contributed by atoms with E-state index in [1.54, 1.807) is 0 Å². The first kappa shape index (κ1) is 8.73. The molecular formula is C5H6F4O2. The highest BCUT2D eigenvalue weighted by Gasteiger charge is 2.62. The van der Waals surface area contributed by atoms with Gasteiger partial charge in [0.15, 0.2) is 6.67 Å². The van der Waals surface area contributed by atoms with Crippen LogP contribution >= 0.6 is 0 Å². The van der Waals surface area contributed by atoms with Crippen LogP contribution < -0.4 is 0 Å². The second kappa shape index (κ2) is 2.31. The van der Waals surface area contributed by atoms with Crippen molar-refractivity contribution in [2.45, 2.75) is 25.2 Å². The lowest BCUT2D eigenvalue weighted by Crippen LogP contribution is -2.44. The Morgan fingerprint density at radius 2 is 1.91 bits per heavy atom. The summed E-state index contributed by atoms with van der Waals surface area (Å²) in [4.78, 5) is 0. The first-order valence-corrected chi connectivity index (χ1v) is 2.85. The van der Waals surface area contributed by atoms with E-state index in [9.17, 15) is 17.6 Å². The van der Waals surface area contributed by atoms with E-state index in [2.05, 4.69) is 9.47 Å². The molecule has 1 rings (SSSR count). The van der Waals surface area contributed by atoms with Crippen molar-refractivity contribution in [2.24, 2.45) is 0 Å². The number of halogens is 4. The summed E-state index contributed by atoms with van der Waals surface area (Å²) in [7, 11) is 0. The molecule has 0 aromatic heterocycles. The molecule has 0 N–H and O–H groups in total. The third kappa shape index (κ3) is 1.20. The second-order valence-electron chi connectivity index (χ2n) is 2.29. The van der Waals surface area contributed by atoms with Crippen molar-refractivity contribution in [3.63, 3.8) is 0 Å². The van der Waals surface area contributed by atoms with E-state index < -0.39 is 24.9 Å². The van der Waals surface area contributed by atoms with Crippen molar-refractivity contribution in [1.29, 1.82) is 0 Å². The van der Waals surface area contributed by atoms with Crippen molar-refractivity contribution in [1.82, 2.24) is 0 Å². The summed E-state index contributed by atoms with van der Waals surface area (Å²) in [6.45, 7) is -3.78. The molecule has 6 heteroatoms. The van der Waals surface area contributed by atoms with E-state index in [1.165, 1.54) is 0 Å². The van der Waals surface area contributed by atoms with Gasteiger partial charge in [0.1, 0.15) is 0 Å². The molecular weight excluding hydrogens is 168 g/mol. The first-order valence-electron chi connectivity index (χ1n) is 2.85. The van der Waals surface area contributed by atoms with Crippen LogP contribution in [0.5, 0.6) is 0 Å². The van der Waals surface area contributed by atoms with Crippen LogP contribution in [0.3, 0.4) is 0 Å². The van der Waals surface area contributed by atoms with Crippen molar-refractivity contribution in [2.75, 3.05) is 6.67 Å². The Hall–Kier alpha value is -0.360. The molecule has 0 bridgehead atoms. The maximum atomic E-state index is 12.7. The van der Waals surface area contributed by atoms with Crippen molar-refractivity contribution in [3.8, 4) is 0 Å². The zero-order valence-electron chi connectivity index (χ0n) is 5.61. The van der Waals surface area contributed by atoms with Gasteiger partial charge in [0.05, 0.1) is 0 Å². The molecule has 1 aliphatic rings. The minimum Gasteiger partial charge on any atom is -0.283 e. The summed E-state index contributed by atoms with van der Waals surface area (Å²) < 4.78 is 56.5. The number of ether oxygens (including phenoxy) is 2. The van der Waals surface area contributed by atoms with Gasteiger partial charge in [0.25, 0.3) is 5.85 Å². The fraction of sp³-hybridized carbons (Fsp3) is 1.00. The fourth-order valence-electron chi connectivity index (χ4n) is 0.689. The molecule has 11 heavy (non-hydrogen) atoms. The number of hydrogen-bond donors (Lipinski definition) is 0. The Morgan fingerprint density at radius 1 is 1.36 bits per heavy atom. The predicted octanol–water partition coefficient (Wildman–Crippen LogP) is 1.61. The van der Waals surface area contributed by atoms with E-state index in [4.69, 9.17) is 0 Å². The minimum absolute atomic E-state index is 0.562. The van der Waals surface area contributed by atoms with Crippen LogP contribution in [0.4, 0.5) is 17.6 Å². The third-order valence-corrected chi connectivity index (χ3v) is 1.43. The Bertz CT molecular complexity index is 163. The van der Waals surface area contributed by atoms with E-state index in [0.717, 1.165) is 0 Å². The Balaban J connectivity index is 2.81. The van der Waals surface area contributed by atoms with Crippen LogP contribution in [0.25, 0.3) is 0 Å². The zero-order chi connectivity index (χ0) is 8.70. The van der Waals surface area contributed by atoms with Crippen LogP contribution in [0.1, 0.15) is 6.92 Å². The number of alkyl halides is 4. The Morgan fingerprint density at radius 3 is 2.09 bits per heavy atom. The normalized spacial score (nSPS) is 51.5. The molecule has 1 saturated heterocycles. The summed E-state index contributed by atoms with van der Waals surface area (Å²) >= 11 is 0. The lowest BCUT2D eigenvalue weighted by atomic mass is 10.2. The zero-order valence-corrected chi connectivity index (χ0v) is 5.61. The molecule has 0 aromatic rings. The van der Waals surface area contributed by atoms with Gasteiger partial charge in [-0.3, -0.25) is 9.47 Å². The van der Waals surface area contributed by atoms with Crippen LogP contribution in [0.2, 0.25) is 0 Å². The highest BCUT2D eigenvalue weighted by molar-refractivity contribution is 4.86. The molecule has 1 aliphatic heterocycles. The van der Waals surface area contributed by atoms with Gasteiger partial charge in [-0.1, -0.05) is 0 Å². The molecule has 3 unspecified atom stereocenters. The largest absolute Gasteiger partial charge is 0.315 e. The monoisotopic (exact) mass is 174 g/mol. The summed E-state index contributed by atoms with van der Waals surface area (Å²) in [5.41, 5.74) is 0. The van der Waals surface area contributed by atoms with Gasteiger partial charge in [-0.05, 0) is 0 Å². The predicted molar refractivity (Wildman–Crippen MR) is 26.4 cm³/mol. The van der Waals surface area contributed by atoms with Gasteiger partial charge < -0.3 is 0 Å². The third-order valence-electron chi connectivity index (χ3n) is 1.43. The summed E-state index contributed by atoms with van der Waals surface area (Å²) in [5.74, 6) is -6.40.